The minimum absolute atomic E-state index is 0.195. The molecule has 88 valence electrons. The number of nitrogens with zero attached hydrogens (tertiary/aromatic N) is 2. The summed E-state index contributed by atoms with van der Waals surface area (Å²) >= 11 is 0. The molecule has 0 atom stereocenters. The van der Waals surface area contributed by atoms with Gasteiger partial charge in [-0.1, -0.05) is 12.1 Å². The van der Waals surface area contributed by atoms with E-state index in [4.69, 9.17) is 0 Å². The number of halogens is 1. The number of nitrogens with one attached hydrogen (secondary N) is 1. The Morgan fingerprint density at radius 2 is 1.76 bits per heavy atom. The van der Waals surface area contributed by atoms with Crippen LogP contribution in [0.1, 0.15) is 11.4 Å². The molecule has 0 saturated heterocycles. The van der Waals surface area contributed by atoms with Gasteiger partial charge in [0.1, 0.15) is 11.6 Å². The second-order valence-corrected chi connectivity index (χ2v) is 3.72. The standard InChI is InChI=1S/C13H14FN3/c14-12-4-2-11(3-5-12)6-9-15-10-13-16-7-1-8-17-13/h1-5,7-8,15H,6,9-10H2. The quantitative estimate of drug-likeness (QED) is 0.799. The zero-order valence-corrected chi connectivity index (χ0v) is 9.44. The van der Waals surface area contributed by atoms with Crippen molar-refractivity contribution in [3.8, 4) is 0 Å². The second kappa shape index (κ2) is 6.06. The van der Waals surface area contributed by atoms with Crippen LogP contribution in [0.15, 0.2) is 42.7 Å². The summed E-state index contributed by atoms with van der Waals surface area (Å²) in [6, 6.07) is 8.36. The van der Waals surface area contributed by atoms with E-state index < -0.39 is 0 Å². The van der Waals surface area contributed by atoms with Crippen molar-refractivity contribution in [1.82, 2.24) is 15.3 Å². The van der Waals surface area contributed by atoms with Crippen LogP contribution in [-0.4, -0.2) is 16.5 Å². The Kier molecular flexibility index (Phi) is 4.16. The molecule has 0 bridgehead atoms. The SMILES string of the molecule is Fc1ccc(CCNCc2ncccn2)cc1. The van der Waals surface area contributed by atoms with Crippen LogP contribution in [0.3, 0.4) is 0 Å². The Hall–Kier alpha value is -1.81. The Morgan fingerprint density at radius 1 is 1.06 bits per heavy atom. The molecule has 2 rings (SSSR count). The third-order valence-corrected chi connectivity index (χ3v) is 2.41. The van der Waals surface area contributed by atoms with Crippen molar-refractivity contribution in [2.45, 2.75) is 13.0 Å². The maximum atomic E-state index is 12.7. The highest BCUT2D eigenvalue weighted by atomic mass is 19.1. The molecule has 0 amide bonds. The van der Waals surface area contributed by atoms with Gasteiger partial charge in [0.05, 0.1) is 6.54 Å². The van der Waals surface area contributed by atoms with Crippen LogP contribution >= 0.6 is 0 Å². The molecule has 0 fully saturated rings. The molecule has 1 aromatic heterocycles. The van der Waals surface area contributed by atoms with E-state index in [0.717, 1.165) is 24.4 Å². The third kappa shape index (κ3) is 3.92. The lowest BCUT2D eigenvalue weighted by atomic mass is 10.1. The summed E-state index contributed by atoms with van der Waals surface area (Å²) in [6.07, 6.45) is 4.32. The van der Waals surface area contributed by atoms with Gasteiger partial charge in [-0.15, -0.1) is 0 Å². The molecular weight excluding hydrogens is 217 g/mol. The lowest BCUT2D eigenvalue weighted by Crippen LogP contribution is -2.18. The van der Waals surface area contributed by atoms with Crippen LogP contribution in [0.25, 0.3) is 0 Å². The number of rotatable bonds is 5. The Labute approximate surface area is 99.7 Å². The molecule has 1 aromatic carbocycles. The molecule has 17 heavy (non-hydrogen) atoms. The van der Waals surface area contributed by atoms with Crippen molar-refractivity contribution in [2.75, 3.05) is 6.54 Å². The van der Waals surface area contributed by atoms with Gasteiger partial charge in [-0.2, -0.15) is 0 Å². The first-order valence-electron chi connectivity index (χ1n) is 5.55. The van der Waals surface area contributed by atoms with Gasteiger partial charge in [-0.3, -0.25) is 0 Å². The zero-order chi connectivity index (χ0) is 11.9. The first-order valence-corrected chi connectivity index (χ1v) is 5.55. The molecule has 0 aliphatic rings. The van der Waals surface area contributed by atoms with E-state index in [0.29, 0.717) is 6.54 Å². The molecule has 3 nitrogen and oxygen atoms in total. The molecule has 0 saturated carbocycles. The van der Waals surface area contributed by atoms with Crippen LogP contribution in [0.2, 0.25) is 0 Å². The van der Waals surface area contributed by atoms with E-state index in [2.05, 4.69) is 15.3 Å². The number of benzene rings is 1. The minimum Gasteiger partial charge on any atom is -0.310 e. The van der Waals surface area contributed by atoms with Crippen molar-refractivity contribution in [2.24, 2.45) is 0 Å². The first-order chi connectivity index (χ1) is 8.34. The van der Waals surface area contributed by atoms with Gasteiger partial charge in [0.15, 0.2) is 0 Å². The van der Waals surface area contributed by atoms with E-state index in [-0.39, 0.29) is 5.82 Å². The van der Waals surface area contributed by atoms with Crippen molar-refractivity contribution < 1.29 is 4.39 Å². The van der Waals surface area contributed by atoms with Crippen LogP contribution < -0.4 is 5.32 Å². The maximum Gasteiger partial charge on any atom is 0.141 e. The van der Waals surface area contributed by atoms with E-state index in [9.17, 15) is 4.39 Å². The van der Waals surface area contributed by atoms with E-state index >= 15 is 0 Å². The molecule has 0 aliphatic heterocycles. The fraction of sp³-hybridized carbons (Fsp3) is 0.231. The van der Waals surface area contributed by atoms with Crippen molar-refractivity contribution >= 4 is 0 Å². The third-order valence-electron chi connectivity index (χ3n) is 2.41. The average molecular weight is 231 g/mol. The van der Waals surface area contributed by atoms with Gasteiger partial charge in [-0.25, -0.2) is 14.4 Å². The minimum atomic E-state index is -0.195. The van der Waals surface area contributed by atoms with Crippen molar-refractivity contribution in [3.63, 3.8) is 0 Å². The molecule has 2 aromatic rings. The summed E-state index contributed by atoms with van der Waals surface area (Å²) in [6.45, 7) is 1.48. The van der Waals surface area contributed by atoms with Crippen molar-refractivity contribution in [3.05, 3.63) is 59.9 Å². The highest BCUT2D eigenvalue weighted by Crippen LogP contribution is 2.02. The predicted molar refractivity (Wildman–Crippen MR) is 63.8 cm³/mol. The molecular formula is C13H14FN3. The van der Waals surface area contributed by atoms with Gasteiger partial charge >= 0.3 is 0 Å². The van der Waals surface area contributed by atoms with Crippen LogP contribution in [0.4, 0.5) is 4.39 Å². The van der Waals surface area contributed by atoms with Crippen molar-refractivity contribution in [1.29, 1.82) is 0 Å². The average Bonchev–Trinajstić information content (AvgIpc) is 2.38. The van der Waals surface area contributed by atoms with Gasteiger partial charge in [0.25, 0.3) is 0 Å². The largest absolute Gasteiger partial charge is 0.310 e. The summed E-state index contributed by atoms with van der Waals surface area (Å²) in [7, 11) is 0. The lowest BCUT2D eigenvalue weighted by molar-refractivity contribution is 0.625. The smallest absolute Gasteiger partial charge is 0.141 e. The summed E-state index contributed by atoms with van der Waals surface area (Å²) in [5, 5.41) is 3.25. The van der Waals surface area contributed by atoms with E-state index in [1.54, 1.807) is 30.6 Å². The van der Waals surface area contributed by atoms with Crippen LogP contribution in [0, 0.1) is 5.82 Å². The summed E-state index contributed by atoms with van der Waals surface area (Å²) in [5.41, 5.74) is 1.12. The molecule has 1 heterocycles. The zero-order valence-electron chi connectivity index (χ0n) is 9.44. The Balaban J connectivity index is 1.71. The molecule has 0 spiro atoms. The highest BCUT2D eigenvalue weighted by molar-refractivity contribution is 5.16. The summed E-state index contributed by atoms with van der Waals surface area (Å²) < 4.78 is 12.7. The van der Waals surface area contributed by atoms with Crippen LogP contribution in [-0.2, 0) is 13.0 Å². The lowest BCUT2D eigenvalue weighted by Gasteiger charge is -2.03. The fourth-order valence-electron chi connectivity index (χ4n) is 1.51. The van der Waals surface area contributed by atoms with E-state index in [1.165, 1.54) is 12.1 Å². The number of aromatic nitrogens is 2. The van der Waals surface area contributed by atoms with Gasteiger partial charge in [-0.05, 0) is 36.7 Å². The second-order valence-electron chi connectivity index (χ2n) is 3.72. The molecule has 1 N–H and O–H groups in total. The topological polar surface area (TPSA) is 37.8 Å². The van der Waals surface area contributed by atoms with Gasteiger partial charge in [0, 0.05) is 12.4 Å². The molecule has 0 aliphatic carbocycles. The fourth-order valence-corrected chi connectivity index (χ4v) is 1.51. The maximum absolute atomic E-state index is 12.7. The normalized spacial score (nSPS) is 10.4. The number of hydrogen-bond donors (Lipinski definition) is 1. The van der Waals surface area contributed by atoms with Gasteiger partial charge in [0.2, 0.25) is 0 Å². The first kappa shape index (κ1) is 11.7. The Bertz CT molecular complexity index is 442. The number of hydrogen-bond acceptors (Lipinski definition) is 3. The molecule has 4 heteroatoms. The highest BCUT2D eigenvalue weighted by Gasteiger charge is 1.96. The Morgan fingerprint density at radius 3 is 2.47 bits per heavy atom. The predicted octanol–water partition coefficient (Wildman–Crippen LogP) is 1.95. The van der Waals surface area contributed by atoms with Crippen LogP contribution in [0.5, 0.6) is 0 Å². The summed E-state index contributed by atoms with van der Waals surface area (Å²) in [5.74, 6) is 0.589. The monoisotopic (exact) mass is 231 g/mol. The van der Waals surface area contributed by atoms with Gasteiger partial charge < -0.3 is 5.32 Å². The molecule has 0 radical (unpaired) electrons. The summed E-state index contributed by atoms with van der Waals surface area (Å²) in [4.78, 5) is 8.22. The molecule has 0 unspecified atom stereocenters. The van der Waals surface area contributed by atoms with E-state index in [1.807, 2.05) is 0 Å².